The van der Waals surface area contributed by atoms with Crippen LogP contribution < -0.4 is 16.6 Å². The highest BCUT2D eigenvalue weighted by Crippen LogP contribution is 2.27. The summed E-state index contributed by atoms with van der Waals surface area (Å²) in [4.78, 5) is 11.2. The molecule has 1 fully saturated rings. The molecule has 2 aromatic rings. The molecule has 0 bridgehead atoms. The minimum atomic E-state index is 0.453. The van der Waals surface area contributed by atoms with Crippen LogP contribution in [0.4, 0.5) is 11.6 Å². The van der Waals surface area contributed by atoms with Gasteiger partial charge >= 0.3 is 0 Å². The van der Waals surface area contributed by atoms with Gasteiger partial charge in [0.2, 0.25) is 0 Å². The van der Waals surface area contributed by atoms with E-state index in [9.17, 15) is 0 Å². The molecule has 1 unspecified atom stereocenters. The van der Waals surface area contributed by atoms with Crippen LogP contribution in [0, 0.1) is 0 Å². The van der Waals surface area contributed by atoms with Gasteiger partial charge in [0.15, 0.2) is 17.3 Å². The average molecular weight is 275 g/mol. The van der Waals surface area contributed by atoms with Crippen molar-refractivity contribution in [2.75, 3.05) is 24.3 Å². The van der Waals surface area contributed by atoms with Gasteiger partial charge in [-0.1, -0.05) is 0 Å². The molecule has 0 amide bonds. The molecule has 20 heavy (non-hydrogen) atoms. The molecule has 3 rings (SSSR count). The van der Waals surface area contributed by atoms with E-state index in [-0.39, 0.29) is 0 Å². The van der Waals surface area contributed by atoms with E-state index in [2.05, 4.69) is 39.6 Å². The number of rotatable bonds is 6. The van der Waals surface area contributed by atoms with Crippen LogP contribution in [0.15, 0.2) is 18.6 Å². The first-order valence-corrected chi connectivity index (χ1v) is 6.95. The quantitative estimate of drug-likeness (QED) is 0.537. The molecule has 7 nitrogen and oxygen atoms in total. The SMILES string of the molecule is CC(CNc1nc(NN)cn2ccnc12)N(C)C1CC1. The monoisotopic (exact) mass is 275 g/mol. The largest absolute Gasteiger partial charge is 0.365 e. The van der Waals surface area contributed by atoms with E-state index in [1.54, 1.807) is 6.20 Å². The van der Waals surface area contributed by atoms with Crippen molar-refractivity contribution < 1.29 is 0 Å². The van der Waals surface area contributed by atoms with Crippen LogP contribution in [-0.4, -0.2) is 44.9 Å². The van der Waals surface area contributed by atoms with Gasteiger partial charge in [0.05, 0.1) is 6.20 Å². The van der Waals surface area contributed by atoms with E-state index in [0.717, 1.165) is 24.1 Å². The van der Waals surface area contributed by atoms with Gasteiger partial charge in [-0.25, -0.2) is 15.8 Å². The van der Waals surface area contributed by atoms with Gasteiger partial charge in [0.25, 0.3) is 0 Å². The minimum absolute atomic E-state index is 0.453. The summed E-state index contributed by atoms with van der Waals surface area (Å²) >= 11 is 0. The summed E-state index contributed by atoms with van der Waals surface area (Å²) in [7, 11) is 2.18. The average Bonchev–Trinajstić information content (AvgIpc) is 3.21. The predicted octanol–water partition coefficient (Wildman–Crippen LogP) is 0.909. The summed E-state index contributed by atoms with van der Waals surface area (Å²) in [5.74, 6) is 6.81. The number of nitrogen functional groups attached to an aromatic ring is 1. The van der Waals surface area contributed by atoms with Crippen LogP contribution in [-0.2, 0) is 0 Å². The third-order valence-corrected chi connectivity index (χ3v) is 3.90. The zero-order valence-corrected chi connectivity index (χ0v) is 11.9. The van der Waals surface area contributed by atoms with E-state index in [4.69, 9.17) is 5.84 Å². The first kappa shape index (κ1) is 13.1. The van der Waals surface area contributed by atoms with Crippen molar-refractivity contribution >= 4 is 17.3 Å². The van der Waals surface area contributed by atoms with Gasteiger partial charge in [0.1, 0.15) is 0 Å². The number of hydrogen-bond acceptors (Lipinski definition) is 6. The van der Waals surface area contributed by atoms with Gasteiger partial charge in [-0.3, -0.25) is 4.90 Å². The number of nitrogens with one attached hydrogen (secondary N) is 2. The Morgan fingerprint density at radius 1 is 1.55 bits per heavy atom. The van der Waals surface area contributed by atoms with Crippen molar-refractivity contribution in [3.63, 3.8) is 0 Å². The standard InChI is InChI=1S/C13H21N7/c1-9(19(2)10-3-4-10)7-16-12-13-15-5-6-20(13)8-11(17-12)18-14/h5-6,8-10,18H,3-4,7,14H2,1-2H3,(H,16,17). The second-order valence-corrected chi connectivity index (χ2v) is 5.40. The highest BCUT2D eigenvalue weighted by molar-refractivity contribution is 5.65. The lowest BCUT2D eigenvalue weighted by atomic mass is 10.3. The number of aromatic nitrogens is 3. The molecule has 1 aliphatic rings. The molecule has 0 aromatic carbocycles. The lowest BCUT2D eigenvalue weighted by molar-refractivity contribution is 0.257. The third kappa shape index (κ3) is 2.54. The van der Waals surface area contributed by atoms with Gasteiger partial charge in [-0.2, -0.15) is 0 Å². The molecule has 1 saturated carbocycles. The zero-order chi connectivity index (χ0) is 14.1. The number of likely N-dealkylation sites (N-methyl/N-ethyl adjacent to an activating group) is 1. The van der Waals surface area contributed by atoms with Gasteiger partial charge in [-0.15, -0.1) is 0 Å². The number of fused-ring (bicyclic) bond motifs is 1. The summed E-state index contributed by atoms with van der Waals surface area (Å²) in [5, 5.41) is 3.38. The molecule has 0 saturated heterocycles. The van der Waals surface area contributed by atoms with Crippen LogP contribution in [0.1, 0.15) is 19.8 Å². The van der Waals surface area contributed by atoms with Gasteiger partial charge in [-0.05, 0) is 26.8 Å². The van der Waals surface area contributed by atoms with Crippen molar-refractivity contribution in [3.05, 3.63) is 18.6 Å². The maximum atomic E-state index is 5.45. The Kier molecular flexibility index (Phi) is 3.45. The summed E-state index contributed by atoms with van der Waals surface area (Å²) in [6.45, 7) is 3.05. The molecular weight excluding hydrogens is 254 g/mol. The Hall–Kier alpha value is -1.86. The molecule has 0 radical (unpaired) electrons. The Labute approximate surface area is 118 Å². The maximum Gasteiger partial charge on any atom is 0.180 e. The normalized spacial score (nSPS) is 16.6. The Bertz CT molecular complexity index is 589. The van der Waals surface area contributed by atoms with Crippen molar-refractivity contribution in [1.82, 2.24) is 19.3 Å². The van der Waals surface area contributed by atoms with Gasteiger partial charge < -0.3 is 15.1 Å². The van der Waals surface area contributed by atoms with Crippen molar-refractivity contribution in [3.8, 4) is 0 Å². The summed E-state index contributed by atoms with van der Waals surface area (Å²) in [6.07, 6.45) is 8.07. The molecule has 4 N–H and O–H groups in total. The zero-order valence-electron chi connectivity index (χ0n) is 11.9. The second kappa shape index (κ2) is 5.26. The van der Waals surface area contributed by atoms with Crippen LogP contribution in [0.3, 0.4) is 0 Å². The number of anilines is 2. The molecule has 1 aliphatic carbocycles. The first-order valence-electron chi connectivity index (χ1n) is 6.95. The van der Waals surface area contributed by atoms with Crippen molar-refractivity contribution in [2.24, 2.45) is 5.84 Å². The number of imidazole rings is 1. The van der Waals surface area contributed by atoms with E-state index in [1.165, 1.54) is 12.8 Å². The number of hydrazine groups is 1. The molecule has 0 spiro atoms. The Morgan fingerprint density at radius 2 is 2.35 bits per heavy atom. The smallest absolute Gasteiger partial charge is 0.180 e. The van der Waals surface area contributed by atoms with E-state index >= 15 is 0 Å². The van der Waals surface area contributed by atoms with E-state index < -0.39 is 0 Å². The third-order valence-electron chi connectivity index (χ3n) is 3.90. The fourth-order valence-electron chi connectivity index (χ4n) is 2.35. The van der Waals surface area contributed by atoms with Crippen molar-refractivity contribution in [2.45, 2.75) is 31.8 Å². The van der Waals surface area contributed by atoms with E-state index in [1.807, 2.05) is 16.8 Å². The second-order valence-electron chi connectivity index (χ2n) is 5.40. The summed E-state index contributed by atoms with van der Waals surface area (Å²) in [5.41, 5.74) is 3.39. The fourth-order valence-corrected chi connectivity index (χ4v) is 2.35. The van der Waals surface area contributed by atoms with Crippen LogP contribution >= 0.6 is 0 Å². The first-order chi connectivity index (χ1) is 9.69. The molecule has 108 valence electrons. The predicted molar refractivity (Wildman–Crippen MR) is 79.5 cm³/mol. The van der Waals surface area contributed by atoms with Crippen molar-refractivity contribution in [1.29, 1.82) is 0 Å². The van der Waals surface area contributed by atoms with Gasteiger partial charge in [0, 0.05) is 31.0 Å². The van der Waals surface area contributed by atoms with Crippen LogP contribution in [0.5, 0.6) is 0 Å². The van der Waals surface area contributed by atoms with E-state index in [0.29, 0.717) is 11.9 Å². The Morgan fingerprint density at radius 3 is 3.05 bits per heavy atom. The lowest BCUT2D eigenvalue weighted by Gasteiger charge is -2.24. The highest BCUT2D eigenvalue weighted by Gasteiger charge is 2.29. The number of nitrogens with two attached hydrogens (primary N) is 1. The van der Waals surface area contributed by atoms with Crippen LogP contribution in [0.25, 0.3) is 5.65 Å². The lowest BCUT2D eigenvalue weighted by Crippen LogP contribution is -2.36. The number of hydrogen-bond donors (Lipinski definition) is 3. The molecule has 2 aromatic heterocycles. The number of nitrogens with zero attached hydrogens (tertiary/aromatic N) is 4. The molecule has 7 heteroatoms. The summed E-state index contributed by atoms with van der Waals surface area (Å²) < 4.78 is 1.90. The topological polar surface area (TPSA) is 83.5 Å². The summed E-state index contributed by atoms with van der Waals surface area (Å²) in [6, 6.07) is 1.21. The molecule has 2 heterocycles. The highest BCUT2D eigenvalue weighted by atomic mass is 15.3. The molecule has 1 atom stereocenters. The fraction of sp³-hybridized carbons (Fsp3) is 0.538. The molecule has 0 aliphatic heterocycles. The Balaban J connectivity index is 1.74. The van der Waals surface area contributed by atoms with Crippen LogP contribution in [0.2, 0.25) is 0 Å². The molecular formula is C13H21N7. The maximum absolute atomic E-state index is 5.45. The minimum Gasteiger partial charge on any atom is -0.365 e.